The molecule has 0 atom stereocenters. The molecule has 1 N–H and O–H groups in total. The molecule has 0 saturated heterocycles. The lowest BCUT2D eigenvalue weighted by molar-refractivity contribution is 0.306. The summed E-state index contributed by atoms with van der Waals surface area (Å²) in [7, 11) is 1.99. The Morgan fingerprint density at radius 3 is 3.08 bits per heavy atom. The molecule has 1 aromatic rings. The molecule has 2 rings (SSSR count). The van der Waals surface area contributed by atoms with E-state index in [2.05, 4.69) is 14.9 Å². The van der Waals surface area contributed by atoms with E-state index in [1.54, 1.807) is 0 Å². The minimum absolute atomic E-state index is 0.745. The molecule has 3 nitrogen and oxygen atoms in total. The van der Waals surface area contributed by atoms with Crippen LogP contribution >= 0.6 is 0 Å². The van der Waals surface area contributed by atoms with Crippen molar-refractivity contribution >= 4 is 0 Å². The topological polar surface area (TPSA) is 29.9 Å². The van der Waals surface area contributed by atoms with Crippen molar-refractivity contribution in [1.82, 2.24) is 14.9 Å². The highest BCUT2D eigenvalue weighted by Crippen LogP contribution is 2.32. The largest absolute Gasteiger partial charge is 0.332 e. The lowest BCUT2D eigenvalue weighted by Crippen LogP contribution is -2.20. The Labute approximate surface area is 79.2 Å². The van der Waals surface area contributed by atoms with E-state index in [4.69, 9.17) is 0 Å². The van der Waals surface area contributed by atoms with Gasteiger partial charge in [-0.1, -0.05) is 0 Å². The zero-order valence-corrected chi connectivity index (χ0v) is 8.16. The maximum absolute atomic E-state index is 4.21. The lowest BCUT2D eigenvalue weighted by Gasteiger charge is -2.28. The van der Waals surface area contributed by atoms with E-state index in [9.17, 15) is 0 Å². The summed E-state index contributed by atoms with van der Waals surface area (Å²) in [5, 5.41) is 3.17. The molecular formula is C10H17N3. The second kappa shape index (κ2) is 3.92. The van der Waals surface area contributed by atoms with Gasteiger partial charge in [0.05, 0.1) is 6.33 Å². The third kappa shape index (κ3) is 1.75. The van der Waals surface area contributed by atoms with Gasteiger partial charge in [-0.05, 0) is 26.3 Å². The first-order chi connectivity index (χ1) is 6.42. The molecule has 1 aliphatic rings. The van der Waals surface area contributed by atoms with E-state index in [0.717, 1.165) is 19.0 Å². The second-order valence-electron chi connectivity index (χ2n) is 3.73. The van der Waals surface area contributed by atoms with Gasteiger partial charge in [-0.15, -0.1) is 0 Å². The summed E-state index contributed by atoms with van der Waals surface area (Å²) in [5.41, 5.74) is 1.37. The first-order valence-electron chi connectivity index (χ1n) is 5.07. The molecule has 1 fully saturated rings. The van der Waals surface area contributed by atoms with Gasteiger partial charge >= 0.3 is 0 Å². The Morgan fingerprint density at radius 1 is 1.62 bits per heavy atom. The number of nitrogens with zero attached hydrogens (tertiary/aromatic N) is 2. The van der Waals surface area contributed by atoms with Gasteiger partial charge in [0.25, 0.3) is 0 Å². The van der Waals surface area contributed by atoms with Crippen LogP contribution in [0.3, 0.4) is 0 Å². The van der Waals surface area contributed by atoms with Crippen molar-refractivity contribution in [3.63, 3.8) is 0 Å². The smallest absolute Gasteiger partial charge is 0.0950 e. The van der Waals surface area contributed by atoms with Gasteiger partial charge in [0.1, 0.15) is 0 Å². The molecule has 1 saturated carbocycles. The number of imidazole rings is 1. The van der Waals surface area contributed by atoms with Crippen molar-refractivity contribution in [2.45, 2.75) is 31.7 Å². The van der Waals surface area contributed by atoms with Crippen molar-refractivity contribution in [3.05, 3.63) is 18.2 Å². The molecule has 0 radical (unpaired) electrons. The first-order valence-corrected chi connectivity index (χ1v) is 5.07. The molecule has 3 heteroatoms. The number of hydrogen-bond donors (Lipinski definition) is 1. The van der Waals surface area contributed by atoms with Crippen LogP contribution in [-0.2, 0) is 6.42 Å². The molecule has 0 spiro atoms. The Balaban J connectivity index is 2.02. The molecule has 0 aromatic carbocycles. The van der Waals surface area contributed by atoms with Gasteiger partial charge < -0.3 is 9.88 Å². The van der Waals surface area contributed by atoms with Crippen LogP contribution in [0.1, 0.15) is 31.0 Å². The summed E-state index contributed by atoms with van der Waals surface area (Å²) in [6.45, 7) is 1.04. The molecule has 0 bridgehead atoms. The Kier molecular flexibility index (Phi) is 2.64. The highest BCUT2D eigenvalue weighted by molar-refractivity contribution is 5.02. The third-order valence-electron chi connectivity index (χ3n) is 2.85. The highest BCUT2D eigenvalue weighted by Gasteiger charge is 2.20. The minimum atomic E-state index is 0.745. The maximum atomic E-state index is 4.21. The number of likely N-dealkylation sites (N-methyl/N-ethyl adjacent to an activating group) is 1. The summed E-state index contributed by atoms with van der Waals surface area (Å²) in [6.07, 6.45) is 9.12. The zero-order valence-electron chi connectivity index (χ0n) is 8.16. The van der Waals surface area contributed by atoms with Gasteiger partial charge in [-0.3, -0.25) is 0 Å². The fourth-order valence-electron chi connectivity index (χ4n) is 1.77. The van der Waals surface area contributed by atoms with E-state index in [-0.39, 0.29) is 0 Å². The molecule has 0 amide bonds. The van der Waals surface area contributed by atoms with E-state index in [1.807, 2.05) is 19.6 Å². The standard InChI is InChI=1S/C10H17N3/c1-11-6-5-10-7-12-8-13(10)9-3-2-4-9/h7-9,11H,2-6H2,1H3. The van der Waals surface area contributed by atoms with Crippen molar-refractivity contribution in [2.24, 2.45) is 0 Å². The normalized spacial score (nSPS) is 17.3. The van der Waals surface area contributed by atoms with Crippen LogP contribution in [0.4, 0.5) is 0 Å². The van der Waals surface area contributed by atoms with E-state index in [1.165, 1.54) is 25.0 Å². The number of rotatable bonds is 4. The van der Waals surface area contributed by atoms with Crippen molar-refractivity contribution in [3.8, 4) is 0 Å². The molecule has 1 aromatic heterocycles. The van der Waals surface area contributed by atoms with Crippen molar-refractivity contribution in [2.75, 3.05) is 13.6 Å². The van der Waals surface area contributed by atoms with Gasteiger partial charge in [-0.25, -0.2) is 4.98 Å². The van der Waals surface area contributed by atoms with Gasteiger partial charge in [0, 0.05) is 30.9 Å². The van der Waals surface area contributed by atoms with Gasteiger partial charge in [-0.2, -0.15) is 0 Å². The second-order valence-corrected chi connectivity index (χ2v) is 3.73. The summed E-state index contributed by atoms with van der Waals surface area (Å²) >= 11 is 0. The van der Waals surface area contributed by atoms with Crippen LogP contribution in [0, 0.1) is 0 Å². The van der Waals surface area contributed by atoms with Crippen molar-refractivity contribution < 1.29 is 0 Å². The molecule has 0 aliphatic heterocycles. The van der Waals surface area contributed by atoms with Crippen LogP contribution in [0.25, 0.3) is 0 Å². The monoisotopic (exact) mass is 179 g/mol. The average Bonchev–Trinajstić information content (AvgIpc) is 2.46. The molecule has 72 valence electrons. The van der Waals surface area contributed by atoms with Crippen LogP contribution in [0.15, 0.2) is 12.5 Å². The molecule has 1 heterocycles. The maximum Gasteiger partial charge on any atom is 0.0950 e. The van der Waals surface area contributed by atoms with Gasteiger partial charge in [0.15, 0.2) is 0 Å². The summed E-state index contributed by atoms with van der Waals surface area (Å²) < 4.78 is 2.35. The Bertz CT molecular complexity index is 263. The molecule has 0 unspecified atom stereocenters. The lowest BCUT2D eigenvalue weighted by atomic mass is 9.92. The fourth-order valence-corrected chi connectivity index (χ4v) is 1.77. The van der Waals surface area contributed by atoms with Crippen LogP contribution in [0.5, 0.6) is 0 Å². The van der Waals surface area contributed by atoms with Gasteiger partial charge in [0.2, 0.25) is 0 Å². The van der Waals surface area contributed by atoms with E-state index < -0.39 is 0 Å². The summed E-state index contributed by atoms with van der Waals surface area (Å²) in [5.74, 6) is 0. The van der Waals surface area contributed by atoms with Crippen LogP contribution < -0.4 is 5.32 Å². The zero-order chi connectivity index (χ0) is 9.10. The first kappa shape index (κ1) is 8.75. The molecule has 13 heavy (non-hydrogen) atoms. The molecule has 1 aliphatic carbocycles. The Morgan fingerprint density at radius 2 is 2.46 bits per heavy atom. The van der Waals surface area contributed by atoms with E-state index >= 15 is 0 Å². The van der Waals surface area contributed by atoms with Crippen molar-refractivity contribution in [1.29, 1.82) is 0 Å². The molecular weight excluding hydrogens is 162 g/mol. The summed E-state index contributed by atoms with van der Waals surface area (Å²) in [6, 6.07) is 0.745. The number of hydrogen-bond acceptors (Lipinski definition) is 2. The predicted octanol–water partition coefficient (Wildman–Crippen LogP) is 1.37. The Hall–Kier alpha value is -0.830. The minimum Gasteiger partial charge on any atom is -0.332 e. The van der Waals surface area contributed by atoms with Crippen LogP contribution in [0.2, 0.25) is 0 Å². The average molecular weight is 179 g/mol. The highest BCUT2D eigenvalue weighted by atomic mass is 15.1. The fraction of sp³-hybridized carbons (Fsp3) is 0.700. The number of nitrogens with one attached hydrogen (secondary N) is 1. The predicted molar refractivity (Wildman–Crippen MR) is 52.7 cm³/mol. The summed E-state index contributed by atoms with van der Waals surface area (Å²) in [4.78, 5) is 4.21. The third-order valence-corrected chi connectivity index (χ3v) is 2.85. The SMILES string of the molecule is CNCCc1cncn1C1CCC1. The number of aromatic nitrogens is 2. The quantitative estimate of drug-likeness (QED) is 0.756. The van der Waals surface area contributed by atoms with Crippen LogP contribution in [-0.4, -0.2) is 23.1 Å². The van der Waals surface area contributed by atoms with E-state index in [0.29, 0.717) is 0 Å².